The number of anilines is 1. The van der Waals surface area contributed by atoms with Gasteiger partial charge < -0.3 is 14.8 Å². The van der Waals surface area contributed by atoms with Crippen LogP contribution in [-0.4, -0.2) is 51.0 Å². The highest BCUT2D eigenvalue weighted by molar-refractivity contribution is 5.94. The van der Waals surface area contributed by atoms with Crippen LogP contribution in [0, 0.1) is 11.5 Å². The monoisotopic (exact) mass is 305 g/mol. The molecule has 0 aliphatic carbocycles. The molecule has 4 rings (SSSR count). The van der Waals surface area contributed by atoms with E-state index in [1.165, 1.54) is 0 Å². The van der Waals surface area contributed by atoms with Gasteiger partial charge in [0, 0.05) is 49.7 Å². The molecule has 0 unspecified atom stereocenters. The van der Waals surface area contributed by atoms with Crippen LogP contribution >= 0.6 is 0 Å². The first kappa shape index (κ1) is 13.5. The Morgan fingerprint density at radius 3 is 2.91 bits per heavy atom. The normalized spacial score (nSPS) is 14.5. The molecule has 4 heterocycles. The summed E-state index contributed by atoms with van der Waals surface area (Å²) in [6.45, 7) is 1.67. The predicted octanol–water partition coefficient (Wildman–Crippen LogP) is 1.62. The molecule has 1 fully saturated rings. The minimum absolute atomic E-state index is 0.279. The van der Waals surface area contributed by atoms with Crippen molar-refractivity contribution in [2.75, 3.05) is 25.0 Å². The van der Waals surface area contributed by atoms with Crippen molar-refractivity contribution in [1.29, 1.82) is 5.26 Å². The van der Waals surface area contributed by atoms with Gasteiger partial charge in [-0.1, -0.05) is 0 Å². The predicted molar refractivity (Wildman–Crippen MR) is 86.5 cm³/mol. The molecule has 0 atom stereocenters. The Morgan fingerprint density at radius 1 is 1.30 bits per heavy atom. The molecule has 0 aromatic carbocycles. The Morgan fingerprint density at radius 2 is 2.17 bits per heavy atom. The van der Waals surface area contributed by atoms with Gasteiger partial charge in [-0.15, -0.1) is 0 Å². The number of hydrogen-bond acceptors (Lipinski definition) is 6. The summed E-state index contributed by atoms with van der Waals surface area (Å²) in [6, 6.07) is 2.40. The van der Waals surface area contributed by atoms with Crippen molar-refractivity contribution in [3.8, 4) is 17.5 Å². The van der Waals surface area contributed by atoms with Gasteiger partial charge >= 0.3 is 0 Å². The highest BCUT2D eigenvalue weighted by Crippen LogP contribution is 2.30. The molecule has 23 heavy (non-hydrogen) atoms. The first-order valence-electron chi connectivity index (χ1n) is 7.37. The minimum atomic E-state index is 0.279. The van der Waals surface area contributed by atoms with E-state index in [0.717, 1.165) is 41.1 Å². The summed E-state index contributed by atoms with van der Waals surface area (Å²) in [6.07, 6.45) is 11.0. The van der Waals surface area contributed by atoms with Gasteiger partial charge in [0.1, 0.15) is 5.65 Å². The molecule has 1 aliphatic rings. The Hall–Kier alpha value is -3.14. The molecule has 3 aromatic heterocycles. The van der Waals surface area contributed by atoms with Crippen LogP contribution in [0.3, 0.4) is 0 Å². The summed E-state index contributed by atoms with van der Waals surface area (Å²) < 4.78 is 0. The molecule has 0 amide bonds. The van der Waals surface area contributed by atoms with Crippen molar-refractivity contribution < 1.29 is 0 Å². The molecule has 0 radical (unpaired) electrons. The lowest BCUT2D eigenvalue weighted by molar-refractivity contribution is 0.286. The topological polar surface area (TPSA) is 84.7 Å². The number of H-pyrrole nitrogens is 1. The van der Waals surface area contributed by atoms with Gasteiger partial charge in [-0.25, -0.2) is 4.98 Å². The molecule has 7 nitrogen and oxygen atoms in total. The molecule has 1 N–H and O–H groups in total. The SMILES string of the molecule is CN(C#N)C1CN(c2cnc3[nH]cc(-c4cnccn4)c3c2)C1. The maximum absolute atomic E-state index is 8.93. The number of pyridine rings is 1. The van der Waals surface area contributed by atoms with Gasteiger partial charge in [0.2, 0.25) is 0 Å². The quantitative estimate of drug-likeness (QED) is 0.584. The molecular weight excluding hydrogens is 290 g/mol. The van der Waals surface area contributed by atoms with Crippen LogP contribution in [0.5, 0.6) is 0 Å². The zero-order valence-corrected chi connectivity index (χ0v) is 12.6. The number of hydrogen-bond donors (Lipinski definition) is 1. The minimum Gasteiger partial charge on any atom is -0.366 e. The maximum atomic E-state index is 8.93. The van der Waals surface area contributed by atoms with Crippen molar-refractivity contribution in [2.24, 2.45) is 0 Å². The second-order valence-electron chi connectivity index (χ2n) is 5.65. The van der Waals surface area contributed by atoms with E-state index in [4.69, 9.17) is 5.26 Å². The van der Waals surface area contributed by atoms with Crippen molar-refractivity contribution >= 4 is 16.7 Å². The van der Waals surface area contributed by atoms with Gasteiger partial charge in [0.05, 0.1) is 29.8 Å². The number of fused-ring (bicyclic) bond motifs is 1. The molecule has 3 aromatic rings. The first-order chi connectivity index (χ1) is 11.3. The van der Waals surface area contributed by atoms with Gasteiger partial charge in [-0.3, -0.25) is 9.97 Å². The second kappa shape index (κ2) is 5.25. The highest BCUT2D eigenvalue weighted by atomic mass is 15.3. The molecule has 1 aliphatic heterocycles. The van der Waals surface area contributed by atoms with Gasteiger partial charge in [-0.2, -0.15) is 5.26 Å². The Balaban J connectivity index is 1.65. The van der Waals surface area contributed by atoms with E-state index in [1.54, 1.807) is 23.5 Å². The fraction of sp³-hybridized carbons (Fsp3) is 0.250. The smallest absolute Gasteiger partial charge is 0.179 e. The lowest BCUT2D eigenvalue weighted by Crippen LogP contribution is -2.57. The maximum Gasteiger partial charge on any atom is 0.179 e. The van der Waals surface area contributed by atoms with E-state index < -0.39 is 0 Å². The van der Waals surface area contributed by atoms with E-state index in [9.17, 15) is 0 Å². The fourth-order valence-corrected chi connectivity index (χ4v) is 2.81. The van der Waals surface area contributed by atoms with Crippen molar-refractivity contribution in [3.63, 3.8) is 0 Å². The third-order valence-corrected chi connectivity index (χ3v) is 4.29. The third kappa shape index (κ3) is 2.25. The summed E-state index contributed by atoms with van der Waals surface area (Å²) in [5.74, 6) is 0. The standard InChI is InChI=1S/C16H15N7/c1-22(10-17)12-8-23(9-12)11-4-13-14(6-21-16(13)20-5-11)15-7-18-2-3-19-15/h2-7,12H,8-9H2,1H3,(H,20,21). The van der Waals surface area contributed by atoms with Gasteiger partial charge in [-0.05, 0) is 6.07 Å². The van der Waals surface area contributed by atoms with Crippen LogP contribution in [-0.2, 0) is 0 Å². The van der Waals surface area contributed by atoms with Crippen LogP contribution in [0.1, 0.15) is 0 Å². The average molecular weight is 305 g/mol. The van der Waals surface area contributed by atoms with Gasteiger partial charge in [0.25, 0.3) is 0 Å². The number of rotatable bonds is 3. The summed E-state index contributed by atoms with van der Waals surface area (Å²) in [5, 5.41) is 9.96. The number of nitrogens with one attached hydrogen (secondary N) is 1. The van der Waals surface area contributed by atoms with E-state index in [-0.39, 0.29) is 6.04 Å². The first-order valence-corrected chi connectivity index (χ1v) is 7.37. The van der Waals surface area contributed by atoms with E-state index in [0.29, 0.717) is 0 Å². The van der Waals surface area contributed by atoms with Crippen LogP contribution in [0.4, 0.5) is 5.69 Å². The Bertz CT molecular complexity index is 874. The van der Waals surface area contributed by atoms with Gasteiger partial charge in [0.15, 0.2) is 6.19 Å². The number of nitrogens with zero attached hydrogens (tertiary/aromatic N) is 6. The number of nitriles is 1. The second-order valence-corrected chi connectivity index (χ2v) is 5.65. The van der Waals surface area contributed by atoms with E-state index >= 15 is 0 Å². The molecule has 0 saturated carbocycles. The number of likely N-dealkylation sites (N-methyl/N-ethyl adjacent to an activating group) is 1. The van der Waals surface area contributed by atoms with Crippen molar-refractivity contribution in [2.45, 2.75) is 6.04 Å². The largest absolute Gasteiger partial charge is 0.366 e. The molecule has 1 saturated heterocycles. The van der Waals surface area contributed by atoms with E-state index in [2.05, 4.69) is 37.1 Å². The summed E-state index contributed by atoms with van der Waals surface area (Å²) >= 11 is 0. The Kier molecular flexibility index (Phi) is 3.08. The van der Waals surface area contributed by atoms with Crippen LogP contribution in [0.2, 0.25) is 0 Å². The van der Waals surface area contributed by atoms with Crippen LogP contribution < -0.4 is 4.90 Å². The number of aromatic nitrogens is 4. The lowest BCUT2D eigenvalue weighted by atomic mass is 10.1. The fourth-order valence-electron chi connectivity index (χ4n) is 2.81. The molecule has 0 spiro atoms. The molecule has 0 bridgehead atoms. The van der Waals surface area contributed by atoms with E-state index in [1.807, 2.05) is 19.4 Å². The number of aromatic amines is 1. The van der Waals surface area contributed by atoms with Crippen molar-refractivity contribution in [3.05, 3.63) is 37.1 Å². The summed E-state index contributed by atoms with van der Waals surface area (Å²) in [7, 11) is 1.82. The third-order valence-electron chi connectivity index (χ3n) is 4.29. The van der Waals surface area contributed by atoms with Crippen molar-refractivity contribution in [1.82, 2.24) is 24.8 Å². The molecule has 7 heteroatoms. The van der Waals surface area contributed by atoms with Crippen LogP contribution in [0.15, 0.2) is 37.1 Å². The zero-order valence-electron chi connectivity index (χ0n) is 12.6. The summed E-state index contributed by atoms with van der Waals surface area (Å²) in [4.78, 5) is 20.1. The molecule has 114 valence electrons. The average Bonchev–Trinajstić information content (AvgIpc) is 2.97. The van der Waals surface area contributed by atoms with Crippen LogP contribution in [0.25, 0.3) is 22.3 Å². The highest BCUT2D eigenvalue weighted by Gasteiger charge is 2.30. The summed E-state index contributed by atoms with van der Waals surface area (Å²) in [5.41, 5.74) is 3.71. The Labute approximate surface area is 133 Å². The lowest BCUT2D eigenvalue weighted by Gasteiger charge is -2.43. The zero-order chi connectivity index (χ0) is 15.8. The molecular formula is C16H15N7.